The molecule has 1 fully saturated rings. The molecule has 1 aliphatic carbocycles. The van der Waals surface area contributed by atoms with E-state index in [9.17, 15) is 4.79 Å². The van der Waals surface area contributed by atoms with Crippen LogP contribution in [0.25, 0.3) is 0 Å². The Labute approximate surface area is 116 Å². The summed E-state index contributed by atoms with van der Waals surface area (Å²) in [6.45, 7) is 4.44. The molecule has 0 unspecified atom stereocenters. The first kappa shape index (κ1) is 12.5. The average Bonchev–Trinajstić information content (AvgIpc) is 2.97. The summed E-state index contributed by atoms with van der Waals surface area (Å²) in [5, 5.41) is 4.16. The maximum absolute atomic E-state index is 12.7. The lowest BCUT2D eigenvalue weighted by Crippen LogP contribution is -2.32. The zero-order valence-corrected chi connectivity index (χ0v) is 12.0. The Morgan fingerprint density at radius 3 is 2.79 bits per heavy atom. The van der Waals surface area contributed by atoms with Crippen molar-refractivity contribution in [3.8, 4) is 0 Å². The van der Waals surface area contributed by atoms with Crippen LogP contribution in [0.3, 0.4) is 0 Å². The number of aryl methyl sites for hydroxylation is 2. The Morgan fingerprint density at radius 2 is 2.26 bits per heavy atom. The molecule has 0 spiro atoms. The minimum atomic E-state index is 0.100. The first-order chi connectivity index (χ1) is 9.15. The molecule has 19 heavy (non-hydrogen) atoms. The fourth-order valence-corrected chi connectivity index (χ4v) is 2.99. The van der Waals surface area contributed by atoms with Crippen molar-refractivity contribution in [1.29, 1.82) is 0 Å². The van der Waals surface area contributed by atoms with Gasteiger partial charge in [-0.05, 0) is 55.1 Å². The maximum atomic E-state index is 12.7. The van der Waals surface area contributed by atoms with E-state index in [2.05, 4.69) is 16.8 Å². The van der Waals surface area contributed by atoms with E-state index < -0.39 is 0 Å². The van der Waals surface area contributed by atoms with Gasteiger partial charge in [-0.25, -0.2) is 0 Å². The quantitative estimate of drug-likeness (QED) is 0.851. The largest absolute Gasteiger partial charge is 0.466 e. The zero-order valence-electron chi connectivity index (χ0n) is 11.2. The Bertz CT molecular complexity index is 581. The number of carbonyl (C=O) groups excluding carboxylic acids is 1. The van der Waals surface area contributed by atoms with Crippen LogP contribution in [0.4, 0.5) is 0 Å². The molecule has 3 rings (SSSR count). The summed E-state index contributed by atoms with van der Waals surface area (Å²) in [7, 11) is 0. The number of carbonyl (C=O) groups is 1. The van der Waals surface area contributed by atoms with E-state index >= 15 is 0 Å². The molecule has 0 aromatic carbocycles. The number of thiophene rings is 1. The SMILES string of the molecule is Cc1cc(C(=O)N(Cc2ccsc2)C2CC2)c(C)o1. The highest BCUT2D eigenvalue weighted by Crippen LogP contribution is 2.31. The van der Waals surface area contributed by atoms with Crippen LogP contribution in [0.5, 0.6) is 0 Å². The molecule has 0 saturated heterocycles. The number of furan rings is 1. The lowest BCUT2D eigenvalue weighted by molar-refractivity contribution is 0.0728. The second-order valence-electron chi connectivity index (χ2n) is 5.12. The van der Waals surface area contributed by atoms with Crippen molar-refractivity contribution in [3.63, 3.8) is 0 Å². The van der Waals surface area contributed by atoms with Crippen molar-refractivity contribution < 1.29 is 9.21 Å². The first-order valence-electron chi connectivity index (χ1n) is 6.54. The van der Waals surface area contributed by atoms with Crippen LogP contribution in [0.15, 0.2) is 27.3 Å². The third kappa shape index (κ3) is 2.59. The highest BCUT2D eigenvalue weighted by Gasteiger charge is 2.34. The van der Waals surface area contributed by atoms with Crippen molar-refractivity contribution in [1.82, 2.24) is 4.90 Å². The van der Waals surface area contributed by atoms with Gasteiger partial charge < -0.3 is 9.32 Å². The van der Waals surface area contributed by atoms with Gasteiger partial charge in [-0.1, -0.05) is 0 Å². The average molecular weight is 275 g/mol. The zero-order chi connectivity index (χ0) is 13.4. The molecule has 100 valence electrons. The van der Waals surface area contributed by atoms with Crippen LogP contribution in [0.2, 0.25) is 0 Å². The molecule has 0 atom stereocenters. The lowest BCUT2D eigenvalue weighted by atomic mass is 10.2. The predicted octanol–water partition coefficient (Wildman–Crippen LogP) is 3.76. The van der Waals surface area contributed by atoms with Crippen molar-refractivity contribution in [2.24, 2.45) is 0 Å². The summed E-state index contributed by atoms with van der Waals surface area (Å²) < 4.78 is 5.48. The highest BCUT2D eigenvalue weighted by molar-refractivity contribution is 7.07. The van der Waals surface area contributed by atoms with Gasteiger partial charge in [0.2, 0.25) is 0 Å². The fraction of sp³-hybridized carbons (Fsp3) is 0.400. The standard InChI is InChI=1S/C15H17NO2S/c1-10-7-14(11(2)18-10)15(17)16(13-3-4-13)8-12-5-6-19-9-12/h5-7,9,13H,3-4,8H2,1-2H3. The van der Waals surface area contributed by atoms with Crippen LogP contribution in [0, 0.1) is 13.8 Å². The summed E-state index contributed by atoms with van der Waals surface area (Å²) in [6, 6.07) is 4.34. The van der Waals surface area contributed by atoms with Gasteiger partial charge in [-0.3, -0.25) is 4.79 Å². The Balaban J connectivity index is 1.84. The molecule has 4 heteroatoms. The third-order valence-electron chi connectivity index (χ3n) is 3.45. The lowest BCUT2D eigenvalue weighted by Gasteiger charge is -2.21. The number of hydrogen-bond acceptors (Lipinski definition) is 3. The number of nitrogens with zero attached hydrogens (tertiary/aromatic N) is 1. The summed E-state index contributed by atoms with van der Waals surface area (Å²) in [4.78, 5) is 14.6. The monoisotopic (exact) mass is 275 g/mol. The molecule has 1 amide bonds. The van der Waals surface area contributed by atoms with E-state index in [0.717, 1.165) is 24.4 Å². The van der Waals surface area contributed by atoms with E-state index in [-0.39, 0.29) is 5.91 Å². The Morgan fingerprint density at radius 1 is 1.47 bits per heavy atom. The number of hydrogen-bond donors (Lipinski definition) is 0. The molecule has 0 aliphatic heterocycles. The Hall–Kier alpha value is -1.55. The van der Waals surface area contributed by atoms with Gasteiger partial charge in [-0.2, -0.15) is 11.3 Å². The van der Waals surface area contributed by atoms with Crippen LogP contribution >= 0.6 is 11.3 Å². The van der Waals surface area contributed by atoms with Crippen molar-refractivity contribution in [2.45, 2.75) is 39.3 Å². The molecule has 2 aromatic heterocycles. The van der Waals surface area contributed by atoms with Gasteiger partial charge in [0.05, 0.1) is 5.56 Å². The third-order valence-corrected chi connectivity index (χ3v) is 4.18. The van der Waals surface area contributed by atoms with Gasteiger partial charge in [0.25, 0.3) is 5.91 Å². The molecular weight excluding hydrogens is 258 g/mol. The van der Waals surface area contributed by atoms with E-state index in [1.54, 1.807) is 11.3 Å². The van der Waals surface area contributed by atoms with Crippen molar-refractivity contribution >= 4 is 17.2 Å². The van der Waals surface area contributed by atoms with E-state index in [4.69, 9.17) is 4.42 Å². The number of rotatable bonds is 4. The van der Waals surface area contributed by atoms with Crippen molar-refractivity contribution in [2.75, 3.05) is 0 Å². The van der Waals surface area contributed by atoms with Crippen LogP contribution in [0.1, 0.15) is 40.3 Å². The van der Waals surface area contributed by atoms with Crippen LogP contribution in [-0.4, -0.2) is 16.8 Å². The second kappa shape index (κ2) is 4.85. The first-order valence-corrected chi connectivity index (χ1v) is 7.48. The molecule has 1 aliphatic rings. The predicted molar refractivity (Wildman–Crippen MR) is 75.4 cm³/mol. The minimum Gasteiger partial charge on any atom is -0.466 e. The summed E-state index contributed by atoms with van der Waals surface area (Å²) in [6.07, 6.45) is 2.23. The van der Waals surface area contributed by atoms with Crippen LogP contribution in [-0.2, 0) is 6.54 Å². The van der Waals surface area contributed by atoms with Gasteiger partial charge in [-0.15, -0.1) is 0 Å². The van der Waals surface area contributed by atoms with Gasteiger partial charge in [0, 0.05) is 12.6 Å². The molecule has 2 heterocycles. The van der Waals surface area contributed by atoms with Gasteiger partial charge in [0.15, 0.2) is 0 Å². The molecule has 0 bridgehead atoms. The molecule has 0 N–H and O–H groups in total. The van der Waals surface area contributed by atoms with E-state index in [1.165, 1.54) is 5.56 Å². The molecule has 2 aromatic rings. The molecular formula is C15H17NO2S. The maximum Gasteiger partial charge on any atom is 0.257 e. The van der Waals surface area contributed by atoms with E-state index in [1.807, 2.05) is 24.8 Å². The summed E-state index contributed by atoms with van der Waals surface area (Å²) in [5.41, 5.74) is 1.92. The van der Waals surface area contributed by atoms with Gasteiger partial charge >= 0.3 is 0 Å². The molecule has 1 saturated carbocycles. The highest BCUT2D eigenvalue weighted by atomic mass is 32.1. The minimum absolute atomic E-state index is 0.100. The van der Waals surface area contributed by atoms with E-state index in [0.29, 0.717) is 18.2 Å². The number of amides is 1. The second-order valence-corrected chi connectivity index (χ2v) is 5.90. The topological polar surface area (TPSA) is 33.5 Å². The smallest absolute Gasteiger partial charge is 0.257 e. The van der Waals surface area contributed by atoms with Gasteiger partial charge in [0.1, 0.15) is 11.5 Å². The summed E-state index contributed by atoms with van der Waals surface area (Å²) >= 11 is 1.67. The normalized spacial score (nSPS) is 14.6. The summed E-state index contributed by atoms with van der Waals surface area (Å²) in [5.74, 6) is 1.62. The van der Waals surface area contributed by atoms with Crippen molar-refractivity contribution in [3.05, 3.63) is 45.5 Å². The Kier molecular flexibility index (Phi) is 3.19. The fourth-order valence-electron chi connectivity index (χ4n) is 2.33. The molecule has 0 radical (unpaired) electrons. The molecule has 3 nitrogen and oxygen atoms in total. The van der Waals surface area contributed by atoms with Crippen LogP contribution < -0.4 is 0 Å².